The zero-order valence-electron chi connectivity index (χ0n) is 19.7. The van der Waals surface area contributed by atoms with Gasteiger partial charge in [-0.05, 0) is 66.1 Å². The second-order valence-corrected chi connectivity index (χ2v) is 10.1. The largest absolute Gasteiger partial charge is 0.444 e. The maximum Gasteiger partial charge on any atom is 0.410 e. The van der Waals surface area contributed by atoms with Gasteiger partial charge in [0.25, 0.3) is 0 Å². The summed E-state index contributed by atoms with van der Waals surface area (Å²) in [6, 6.07) is 4.01. The van der Waals surface area contributed by atoms with Gasteiger partial charge in [-0.15, -0.1) is 0 Å². The van der Waals surface area contributed by atoms with Crippen molar-refractivity contribution in [3.63, 3.8) is 0 Å². The van der Waals surface area contributed by atoms with Crippen LogP contribution in [0.15, 0.2) is 24.5 Å². The normalized spacial score (nSPS) is 16.0. The van der Waals surface area contributed by atoms with Crippen molar-refractivity contribution in [1.29, 1.82) is 0 Å². The molecule has 0 spiro atoms. The number of aliphatic hydroxyl groups is 1. The monoisotopic (exact) mass is 429 g/mol. The predicted octanol–water partition coefficient (Wildman–Crippen LogP) is 2.20. The highest BCUT2D eigenvalue weighted by molar-refractivity contribution is 6.47. The van der Waals surface area contributed by atoms with E-state index >= 15 is 0 Å². The second kappa shape index (κ2) is 8.35. The van der Waals surface area contributed by atoms with E-state index in [9.17, 15) is 9.90 Å². The molecule has 1 aliphatic heterocycles. The van der Waals surface area contributed by atoms with Crippen LogP contribution in [0.5, 0.6) is 0 Å². The molecule has 2 aromatic rings. The number of hydrogen-bond donors (Lipinski definition) is 1. The van der Waals surface area contributed by atoms with E-state index in [1.54, 1.807) is 32.4 Å². The molecule has 1 fully saturated rings. The van der Waals surface area contributed by atoms with E-state index in [0.29, 0.717) is 26.2 Å². The first-order chi connectivity index (χ1) is 14.3. The molecule has 1 aliphatic rings. The Labute approximate surface area is 185 Å². The summed E-state index contributed by atoms with van der Waals surface area (Å²) in [5.41, 5.74) is 0.663. The van der Waals surface area contributed by atoms with Crippen molar-refractivity contribution in [1.82, 2.24) is 14.5 Å². The topological polar surface area (TPSA) is 79.5 Å². The number of carbonyl (C=O) groups excluding carboxylic acids is 1. The van der Waals surface area contributed by atoms with Gasteiger partial charge in [0.1, 0.15) is 5.60 Å². The van der Waals surface area contributed by atoms with E-state index in [1.165, 1.54) is 0 Å². The van der Waals surface area contributed by atoms with Gasteiger partial charge in [0.15, 0.2) is 0 Å². The fraction of sp³-hybridized carbons (Fsp3) is 0.636. The van der Waals surface area contributed by atoms with Crippen molar-refractivity contribution < 1.29 is 19.3 Å². The molecular formula is C22H34BN4O4. The Morgan fingerprint density at radius 3 is 2.32 bits per heavy atom. The van der Waals surface area contributed by atoms with Crippen molar-refractivity contribution in [3.05, 3.63) is 24.5 Å². The molecule has 31 heavy (non-hydrogen) atoms. The number of aromatic nitrogens is 2. The minimum Gasteiger partial charge on any atom is -0.444 e. The molecular weight excluding hydrogens is 395 g/mol. The third kappa shape index (κ3) is 5.51. The van der Waals surface area contributed by atoms with Crippen LogP contribution in [0.4, 0.5) is 10.5 Å². The van der Waals surface area contributed by atoms with E-state index in [1.807, 2.05) is 57.5 Å². The second-order valence-electron chi connectivity index (χ2n) is 10.1. The summed E-state index contributed by atoms with van der Waals surface area (Å²) >= 11 is 0. The van der Waals surface area contributed by atoms with Gasteiger partial charge >= 0.3 is 13.6 Å². The molecule has 9 heteroatoms. The highest BCUT2D eigenvalue weighted by Gasteiger charge is 2.36. The fourth-order valence-corrected chi connectivity index (χ4v) is 3.17. The van der Waals surface area contributed by atoms with Crippen molar-refractivity contribution >= 4 is 30.2 Å². The number of ether oxygens (including phenoxy) is 1. The highest BCUT2D eigenvalue weighted by atomic mass is 16.6. The van der Waals surface area contributed by atoms with E-state index in [4.69, 9.17) is 9.39 Å². The van der Waals surface area contributed by atoms with E-state index in [0.717, 1.165) is 16.7 Å². The van der Waals surface area contributed by atoms with Gasteiger partial charge in [-0.1, -0.05) is 0 Å². The quantitative estimate of drug-likeness (QED) is 0.735. The van der Waals surface area contributed by atoms with Crippen LogP contribution in [0.3, 0.4) is 0 Å². The van der Waals surface area contributed by atoms with Crippen LogP contribution < -0.4 is 10.4 Å². The molecule has 0 saturated carbocycles. The summed E-state index contributed by atoms with van der Waals surface area (Å²) in [6.07, 6.45) is 3.41. The molecule has 0 bridgehead atoms. The first-order valence-corrected chi connectivity index (χ1v) is 10.7. The van der Waals surface area contributed by atoms with Gasteiger partial charge < -0.3 is 24.3 Å². The van der Waals surface area contributed by atoms with Crippen LogP contribution >= 0.6 is 0 Å². The van der Waals surface area contributed by atoms with Crippen LogP contribution in [-0.4, -0.2) is 76.2 Å². The van der Waals surface area contributed by atoms with Gasteiger partial charge in [0.2, 0.25) is 0 Å². The fourth-order valence-electron chi connectivity index (χ4n) is 3.17. The first-order valence-electron chi connectivity index (χ1n) is 10.7. The van der Waals surface area contributed by atoms with Crippen molar-refractivity contribution in [2.45, 2.75) is 65.3 Å². The average molecular weight is 429 g/mol. The molecule has 0 unspecified atom stereocenters. The Balaban J connectivity index is 1.69. The van der Waals surface area contributed by atoms with Gasteiger partial charge in [-0.2, -0.15) is 5.10 Å². The number of rotatable bonds is 5. The molecule has 3 rings (SSSR count). The third-order valence-corrected chi connectivity index (χ3v) is 5.74. The van der Waals surface area contributed by atoms with Gasteiger partial charge in [0.05, 0.1) is 22.4 Å². The van der Waals surface area contributed by atoms with Crippen molar-refractivity contribution in [2.75, 3.05) is 31.1 Å². The maximum atomic E-state index is 12.3. The van der Waals surface area contributed by atoms with Crippen LogP contribution in [0, 0.1) is 0 Å². The molecule has 1 radical (unpaired) electrons. The lowest BCUT2D eigenvalue weighted by molar-refractivity contribution is -0.0893. The maximum absolute atomic E-state index is 12.3. The van der Waals surface area contributed by atoms with E-state index < -0.39 is 16.8 Å². The van der Waals surface area contributed by atoms with Gasteiger partial charge in [-0.25, -0.2) is 9.31 Å². The number of piperazine rings is 1. The summed E-state index contributed by atoms with van der Waals surface area (Å²) in [5.74, 6) is 0. The number of fused-ring (bicyclic) bond motifs is 1. The summed E-state index contributed by atoms with van der Waals surface area (Å²) < 4.78 is 13.2. The minimum absolute atomic E-state index is 0.266. The Morgan fingerprint density at radius 1 is 1.10 bits per heavy atom. The number of hydrogen-bond acceptors (Lipinski definition) is 6. The Morgan fingerprint density at radius 2 is 1.74 bits per heavy atom. The van der Waals surface area contributed by atoms with Crippen LogP contribution in [0.25, 0.3) is 5.52 Å². The summed E-state index contributed by atoms with van der Waals surface area (Å²) in [4.78, 5) is 16.3. The summed E-state index contributed by atoms with van der Waals surface area (Å²) in [5, 5.41) is 14.7. The van der Waals surface area contributed by atoms with Crippen molar-refractivity contribution in [3.8, 4) is 0 Å². The third-order valence-electron chi connectivity index (χ3n) is 5.74. The zero-order chi connectivity index (χ0) is 23.0. The lowest BCUT2D eigenvalue weighted by Gasteiger charge is -2.37. The summed E-state index contributed by atoms with van der Waals surface area (Å²) in [7, 11) is 1.66. The van der Waals surface area contributed by atoms with Crippen molar-refractivity contribution in [2.24, 2.45) is 0 Å². The van der Waals surface area contributed by atoms with Crippen LogP contribution in [-0.2, 0) is 9.39 Å². The number of anilines is 1. The molecule has 169 valence electrons. The smallest absolute Gasteiger partial charge is 0.410 e. The molecule has 0 aromatic carbocycles. The number of carbonyl (C=O) groups is 1. The van der Waals surface area contributed by atoms with Crippen LogP contribution in [0.2, 0.25) is 0 Å². The molecule has 1 saturated heterocycles. The standard InChI is InChI=1S/C22H34BN4O4/c1-20(2,3)30-19(28)26-12-10-25(11-13-26)17-8-9-24-27-15-16(14-18(17)27)23-31-22(6,7)21(4,5)29/h8-9,14-15,29H,10-13H2,1-7H3. The van der Waals surface area contributed by atoms with E-state index in [-0.39, 0.29) is 6.09 Å². The SMILES string of the molecule is CC(C)(C)OC(=O)N1CCN(c2ccnn3cc([B]OC(C)(C)C(C)(C)O)cc23)CC1. The Bertz CT molecular complexity index is 922. The predicted molar refractivity (Wildman–Crippen MR) is 122 cm³/mol. The van der Waals surface area contributed by atoms with Gasteiger partial charge in [-0.3, -0.25) is 0 Å². The lowest BCUT2D eigenvalue weighted by atomic mass is 9.84. The van der Waals surface area contributed by atoms with Crippen LogP contribution in [0.1, 0.15) is 48.5 Å². The molecule has 3 heterocycles. The molecule has 0 aliphatic carbocycles. The molecule has 0 atom stereocenters. The molecule has 1 N–H and O–H groups in total. The molecule has 8 nitrogen and oxygen atoms in total. The zero-order valence-corrected chi connectivity index (χ0v) is 19.7. The molecule has 2 aromatic heterocycles. The number of amides is 1. The Hall–Kier alpha value is -2.26. The highest BCUT2D eigenvalue weighted by Crippen LogP contribution is 2.25. The lowest BCUT2D eigenvalue weighted by Crippen LogP contribution is -2.50. The molecule has 1 amide bonds. The van der Waals surface area contributed by atoms with Gasteiger partial charge in [0, 0.05) is 38.6 Å². The minimum atomic E-state index is -0.986. The first kappa shape index (κ1) is 23.4. The average Bonchev–Trinajstić information content (AvgIpc) is 3.07. The summed E-state index contributed by atoms with van der Waals surface area (Å²) in [6.45, 7) is 15.4. The number of nitrogens with zero attached hydrogens (tertiary/aromatic N) is 4. The Kier molecular flexibility index (Phi) is 6.31. The van der Waals surface area contributed by atoms with E-state index in [2.05, 4.69) is 10.00 Å².